The first kappa shape index (κ1) is 12.0. The molecule has 0 aliphatic heterocycles. The molecular weight excluding hydrogens is 232 g/mol. The second-order valence-electron chi connectivity index (χ2n) is 4.45. The quantitative estimate of drug-likeness (QED) is 0.843. The third-order valence-electron chi connectivity index (χ3n) is 2.49. The summed E-state index contributed by atoms with van der Waals surface area (Å²) < 4.78 is 0. The molecule has 2 rings (SSSR count). The summed E-state index contributed by atoms with van der Waals surface area (Å²) in [5.41, 5.74) is 0.792. The van der Waals surface area contributed by atoms with Gasteiger partial charge in [-0.05, 0) is 36.4 Å². The van der Waals surface area contributed by atoms with Crippen molar-refractivity contribution in [2.75, 3.05) is 0 Å². The van der Waals surface area contributed by atoms with Crippen LogP contribution in [0.1, 0.15) is 23.5 Å². The minimum absolute atomic E-state index is 0.232. The first-order valence-corrected chi connectivity index (χ1v) is 6.27. The average Bonchev–Trinajstić information content (AvgIpc) is 2.77. The zero-order chi connectivity index (χ0) is 12.5. The molecule has 0 fully saturated rings. The molecule has 0 saturated carbocycles. The maximum atomic E-state index is 11.9. The van der Waals surface area contributed by atoms with Crippen LogP contribution in [0.25, 0.3) is 11.1 Å². The normalized spacial score (nSPS) is 11.5. The summed E-state index contributed by atoms with van der Waals surface area (Å²) in [6.45, 7) is 3.02. The van der Waals surface area contributed by atoms with Gasteiger partial charge in [-0.2, -0.15) is 0 Å². The summed E-state index contributed by atoms with van der Waals surface area (Å²) in [5, 5.41) is 11.6. The molecule has 1 aromatic carbocycles. The Hall–Kier alpha value is -1.45. The molecule has 1 aromatic heterocycles. The van der Waals surface area contributed by atoms with Crippen LogP contribution in [0, 0.1) is 0 Å². The summed E-state index contributed by atoms with van der Waals surface area (Å²) in [6, 6.07) is 11.7. The lowest BCUT2D eigenvalue weighted by Gasteiger charge is -2.13. The first-order chi connectivity index (χ1) is 7.98. The van der Waals surface area contributed by atoms with Gasteiger partial charge >= 0.3 is 0 Å². The molecule has 0 saturated heterocycles. The predicted octanol–water partition coefficient (Wildman–Crippen LogP) is 3.37. The van der Waals surface area contributed by atoms with E-state index in [-0.39, 0.29) is 5.78 Å². The number of benzene rings is 1. The van der Waals surface area contributed by atoms with E-state index in [9.17, 15) is 9.90 Å². The van der Waals surface area contributed by atoms with Crippen molar-refractivity contribution in [2.45, 2.75) is 19.4 Å². The maximum Gasteiger partial charge on any atom is 0.203 e. The van der Waals surface area contributed by atoms with E-state index in [0.29, 0.717) is 4.88 Å². The van der Waals surface area contributed by atoms with E-state index in [2.05, 4.69) is 0 Å². The van der Waals surface area contributed by atoms with E-state index >= 15 is 0 Å². The van der Waals surface area contributed by atoms with Crippen molar-refractivity contribution < 1.29 is 9.90 Å². The molecule has 1 N–H and O–H groups in total. The molecule has 0 amide bonds. The third kappa shape index (κ3) is 2.62. The predicted molar refractivity (Wildman–Crippen MR) is 70.4 cm³/mol. The topological polar surface area (TPSA) is 37.3 Å². The summed E-state index contributed by atoms with van der Waals surface area (Å²) >= 11 is 1.37. The first-order valence-electron chi connectivity index (χ1n) is 5.39. The highest BCUT2D eigenvalue weighted by molar-refractivity contribution is 7.12. The van der Waals surface area contributed by atoms with Gasteiger partial charge in [-0.3, -0.25) is 4.79 Å². The van der Waals surface area contributed by atoms with Crippen LogP contribution in [0.15, 0.2) is 41.8 Å². The van der Waals surface area contributed by atoms with E-state index in [1.54, 1.807) is 0 Å². The minimum atomic E-state index is -1.31. The number of Topliss-reactive ketones (excluding diaryl/α,β-unsaturated/α-hetero) is 1. The summed E-state index contributed by atoms with van der Waals surface area (Å²) in [5.74, 6) is -0.232. The van der Waals surface area contributed by atoms with Crippen molar-refractivity contribution in [3.8, 4) is 11.1 Å². The molecule has 1 heterocycles. The van der Waals surface area contributed by atoms with E-state index in [1.807, 2.05) is 41.8 Å². The molecule has 88 valence electrons. The molecule has 2 nitrogen and oxygen atoms in total. The fourth-order valence-corrected chi connectivity index (χ4v) is 2.55. The highest BCUT2D eigenvalue weighted by Crippen LogP contribution is 2.27. The van der Waals surface area contributed by atoms with Crippen molar-refractivity contribution in [2.24, 2.45) is 0 Å². The largest absolute Gasteiger partial charge is 0.382 e. The maximum absolute atomic E-state index is 11.9. The number of ketones is 1. The lowest BCUT2D eigenvalue weighted by molar-refractivity contribution is 0.0492. The minimum Gasteiger partial charge on any atom is -0.382 e. The second kappa shape index (κ2) is 4.43. The number of hydrogen-bond donors (Lipinski definition) is 1. The number of aliphatic hydroxyl groups is 1. The monoisotopic (exact) mass is 246 g/mol. The molecular formula is C14H14O2S. The average molecular weight is 246 g/mol. The Bertz CT molecular complexity index is 521. The molecule has 0 aliphatic rings. The Balaban J connectivity index is 2.32. The standard InChI is InChI=1S/C14H14O2S/c1-14(2,16)13(15)12-8-11(9-17-12)10-6-4-3-5-7-10/h3-9,16H,1-2H3. The zero-order valence-corrected chi connectivity index (χ0v) is 10.6. The third-order valence-corrected chi connectivity index (χ3v) is 3.42. The highest BCUT2D eigenvalue weighted by Gasteiger charge is 2.26. The van der Waals surface area contributed by atoms with Crippen molar-refractivity contribution in [3.05, 3.63) is 46.7 Å². The van der Waals surface area contributed by atoms with Gasteiger partial charge < -0.3 is 5.11 Å². The SMILES string of the molecule is CC(C)(O)C(=O)c1cc(-c2ccccc2)cs1. The van der Waals surface area contributed by atoms with Crippen molar-refractivity contribution in [1.29, 1.82) is 0 Å². The van der Waals surface area contributed by atoms with Crippen LogP contribution < -0.4 is 0 Å². The summed E-state index contributed by atoms with van der Waals surface area (Å²) in [6.07, 6.45) is 0. The summed E-state index contributed by atoms with van der Waals surface area (Å²) in [7, 11) is 0. The lowest BCUT2D eigenvalue weighted by atomic mass is 10.0. The van der Waals surface area contributed by atoms with E-state index in [0.717, 1.165) is 11.1 Å². The van der Waals surface area contributed by atoms with Crippen molar-refractivity contribution in [1.82, 2.24) is 0 Å². The Morgan fingerprint density at radius 3 is 2.41 bits per heavy atom. The molecule has 0 atom stereocenters. The van der Waals surface area contributed by atoms with Crippen LogP contribution in [0.4, 0.5) is 0 Å². The Labute approximate surface area is 105 Å². The number of thiophene rings is 1. The van der Waals surface area contributed by atoms with Gasteiger partial charge in [0.2, 0.25) is 5.78 Å². The van der Waals surface area contributed by atoms with Crippen molar-refractivity contribution >= 4 is 17.1 Å². The van der Waals surface area contributed by atoms with Gasteiger partial charge in [0.05, 0.1) is 4.88 Å². The van der Waals surface area contributed by atoms with Gasteiger partial charge in [0.15, 0.2) is 0 Å². The fourth-order valence-electron chi connectivity index (χ4n) is 1.54. The molecule has 2 aromatic rings. The molecule has 0 radical (unpaired) electrons. The van der Waals surface area contributed by atoms with Crippen LogP contribution in [-0.4, -0.2) is 16.5 Å². The number of carbonyl (C=O) groups excluding carboxylic acids is 1. The Morgan fingerprint density at radius 1 is 1.18 bits per heavy atom. The van der Waals surface area contributed by atoms with Crippen molar-refractivity contribution in [3.63, 3.8) is 0 Å². The Kier molecular flexibility index (Phi) is 3.13. The van der Waals surface area contributed by atoms with Gasteiger partial charge in [-0.15, -0.1) is 11.3 Å². The van der Waals surface area contributed by atoms with E-state index in [4.69, 9.17) is 0 Å². The second-order valence-corrected chi connectivity index (χ2v) is 5.37. The van der Waals surface area contributed by atoms with Crippen LogP contribution in [-0.2, 0) is 0 Å². The molecule has 0 aliphatic carbocycles. The van der Waals surface area contributed by atoms with Gasteiger partial charge in [-0.25, -0.2) is 0 Å². The molecule has 0 spiro atoms. The lowest BCUT2D eigenvalue weighted by Crippen LogP contribution is -2.30. The molecule has 17 heavy (non-hydrogen) atoms. The van der Waals surface area contributed by atoms with Gasteiger partial charge in [0.25, 0.3) is 0 Å². The molecule has 0 bridgehead atoms. The van der Waals surface area contributed by atoms with Gasteiger partial charge in [0, 0.05) is 0 Å². The molecule has 3 heteroatoms. The van der Waals surface area contributed by atoms with Crippen LogP contribution in [0.3, 0.4) is 0 Å². The van der Waals surface area contributed by atoms with E-state index in [1.165, 1.54) is 25.2 Å². The van der Waals surface area contributed by atoms with E-state index < -0.39 is 5.60 Å². The fraction of sp³-hybridized carbons (Fsp3) is 0.214. The number of rotatable bonds is 3. The Morgan fingerprint density at radius 2 is 1.82 bits per heavy atom. The number of hydrogen-bond acceptors (Lipinski definition) is 3. The van der Waals surface area contributed by atoms with Gasteiger partial charge in [0.1, 0.15) is 5.60 Å². The summed E-state index contributed by atoms with van der Waals surface area (Å²) in [4.78, 5) is 12.5. The number of carbonyl (C=O) groups is 1. The molecule has 0 unspecified atom stereocenters. The van der Waals surface area contributed by atoms with Gasteiger partial charge in [-0.1, -0.05) is 30.3 Å². The highest BCUT2D eigenvalue weighted by atomic mass is 32.1. The van der Waals surface area contributed by atoms with Crippen LogP contribution in [0.2, 0.25) is 0 Å². The van der Waals surface area contributed by atoms with Crippen LogP contribution in [0.5, 0.6) is 0 Å². The van der Waals surface area contributed by atoms with Crippen LogP contribution >= 0.6 is 11.3 Å². The zero-order valence-electron chi connectivity index (χ0n) is 9.81. The smallest absolute Gasteiger partial charge is 0.203 e.